The summed E-state index contributed by atoms with van der Waals surface area (Å²) in [5.41, 5.74) is 9.61. The number of thiazole rings is 1. The summed E-state index contributed by atoms with van der Waals surface area (Å²) in [5.74, 6) is -0.0911. The SMILES string of the molecule is Cc1ncsc1CN(C)C(=O)c1cc(Br)ccc1N. The summed E-state index contributed by atoms with van der Waals surface area (Å²) in [5, 5.41) is 0. The smallest absolute Gasteiger partial charge is 0.256 e. The summed E-state index contributed by atoms with van der Waals surface area (Å²) in [6.45, 7) is 2.49. The average Bonchev–Trinajstić information content (AvgIpc) is 2.77. The number of amides is 1. The standard InChI is InChI=1S/C13H14BrN3OS/c1-8-12(19-7-16-8)6-17(2)13(18)10-5-9(14)3-4-11(10)15/h3-5,7H,6,15H2,1-2H3. The van der Waals surface area contributed by atoms with Gasteiger partial charge in [0.25, 0.3) is 5.91 Å². The molecule has 0 saturated carbocycles. The molecule has 100 valence electrons. The third-order valence-electron chi connectivity index (χ3n) is 2.82. The molecule has 19 heavy (non-hydrogen) atoms. The van der Waals surface area contributed by atoms with Crippen LogP contribution in [-0.4, -0.2) is 22.8 Å². The Bertz CT molecular complexity index is 612. The quantitative estimate of drug-likeness (QED) is 0.874. The van der Waals surface area contributed by atoms with Gasteiger partial charge in [0.15, 0.2) is 0 Å². The van der Waals surface area contributed by atoms with Gasteiger partial charge in [0, 0.05) is 22.1 Å². The molecule has 6 heteroatoms. The second kappa shape index (κ2) is 5.71. The minimum Gasteiger partial charge on any atom is -0.398 e. The molecule has 1 aromatic carbocycles. The zero-order chi connectivity index (χ0) is 14.0. The minimum atomic E-state index is -0.0911. The molecule has 0 unspecified atom stereocenters. The molecule has 0 saturated heterocycles. The Kier molecular flexibility index (Phi) is 4.21. The van der Waals surface area contributed by atoms with E-state index in [2.05, 4.69) is 20.9 Å². The molecule has 2 aromatic rings. The number of halogens is 1. The first-order valence-electron chi connectivity index (χ1n) is 5.68. The number of hydrogen-bond acceptors (Lipinski definition) is 4. The van der Waals surface area contributed by atoms with Crippen LogP contribution in [-0.2, 0) is 6.54 Å². The van der Waals surface area contributed by atoms with Crippen LogP contribution in [0.15, 0.2) is 28.2 Å². The van der Waals surface area contributed by atoms with E-state index in [1.54, 1.807) is 40.9 Å². The van der Waals surface area contributed by atoms with Gasteiger partial charge in [-0.25, -0.2) is 4.98 Å². The lowest BCUT2D eigenvalue weighted by Crippen LogP contribution is -2.26. The van der Waals surface area contributed by atoms with Crippen molar-refractivity contribution in [1.29, 1.82) is 0 Å². The number of rotatable bonds is 3. The predicted molar refractivity (Wildman–Crippen MR) is 81.2 cm³/mol. The first-order valence-corrected chi connectivity index (χ1v) is 7.35. The van der Waals surface area contributed by atoms with Crippen LogP contribution in [0.5, 0.6) is 0 Å². The van der Waals surface area contributed by atoms with Gasteiger partial charge in [-0.15, -0.1) is 11.3 Å². The third kappa shape index (κ3) is 3.13. The fourth-order valence-electron chi connectivity index (χ4n) is 1.68. The zero-order valence-electron chi connectivity index (χ0n) is 10.7. The van der Waals surface area contributed by atoms with Crippen molar-refractivity contribution in [2.75, 3.05) is 12.8 Å². The topological polar surface area (TPSA) is 59.2 Å². The van der Waals surface area contributed by atoms with Crippen LogP contribution in [0, 0.1) is 6.92 Å². The van der Waals surface area contributed by atoms with Crippen LogP contribution in [0.3, 0.4) is 0 Å². The second-order valence-corrected chi connectivity index (χ2v) is 6.11. The molecule has 0 fully saturated rings. The molecule has 4 nitrogen and oxygen atoms in total. The van der Waals surface area contributed by atoms with Crippen LogP contribution in [0.25, 0.3) is 0 Å². The highest BCUT2D eigenvalue weighted by molar-refractivity contribution is 9.10. The van der Waals surface area contributed by atoms with E-state index in [4.69, 9.17) is 5.73 Å². The van der Waals surface area contributed by atoms with Gasteiger partial charge in [0.2, 0.25) is 0 Å². The average molecular weight is 340 g/mol. The van der Waals surface area contributed by atoms with E-state index in [1.165, 1.54) is 0 Å². The number of nitrogen functional groups attached to an aromatic ring is 1. The first kappa shape index (κ1) is 14.0. The highest BCUT2D eigenvalue weighted by Gasteiger charge is 2.16. The van der Waals surface area contributed by atoms with E-state index in [-0.39, 0.29) is 5.91 Å². The van der Waals surface area contributed by atoms with E-state index in [1.807, 2.05) is 13.0 Å². The maximum Gasteiger partial charge on any atom is 0.256 e. The van der Waals surface area contributed by atoms with Gasteiger partial charge >= 0.3 is 0 Å². The van der Waals surface area contributed by atoms with Gasteiger partial charge in [-0.2, -0.15) is 0 Å². The summed E-state index contributed by atoms with van der Waals surface area (Å²) in [6.07, 6.45) is 0. The molecule has 1 aromatic heterocycles. The second-order valence-electron chi connectivity index (χ2n) is 4.25. The lowest BCUT2D eigenvalue weighted by molar-refractivity contribution is 0.0787. The van der Waals surface area contributed by atoms with E-state index in [0.29, 0.717) is 17.8 Å². The van der Waals surface area contributed by atoms with Crippen molar-refractivity contribution in [3.63, 3.8) is 0 Å². The van der Waals surface area contributed by atoms with Crippen LogP contribution < -0.4 is 5.73 Å². The summed E-state index contributed by atoms with van der Waals surface area (Å²) in [6, 6.07) is 5.29. The highest BCUT2D eigenvalue weighted by atomic mass is 79.9. The molecule has 0 radical (unpaired) electrons. The largest absolute Gasteiger partial charge is 0.398 e. The van der Waals surface area contributed by atoms with E-state index >= 15 is 0 Å². The minimum absolute atomic E-state index is 0.0911. The molecule has 0 bridgehead atoms. The molecule has 2 rings (SSSR count). The fraction of sp³-hybridized carbons (Fsp3) is 0.231. The maximum atomic E-state index is 12.4. The lowest BCUT2D eigenvalue weighted by atomic mass is 10.1. The number of nitrogens with zero attached hydrogens (tertiary/aromatic N) is 2. The number of aromatic nitrogens is 1. The van der Waals surface area contributed by atoms with Crippen molar-refractivity contribution in [3.05, 3.63) is 44.3 Å². The third-order valence-corrected chi connectivity index (χ3v) is 4.23. The van der Waals surface area contributed by atoms with Crippen LogP contribution in [0.1, 0.15) is 20.9 Å². The summed E-state index contributed by atoms with van der Waals surface area (Å²) >= 11 is 4.90. The summed E-state index contributed by atoms with van der Waals surface area (Å²) in [4.78, 5) is 19.3. The Balaban J connectivity index is 2.19. The first-order chi connectivity index (χ1) is 8.99. The molecular weight excluding hydrogens is 326 g/mol. The summed E-state index contributed by atoms with van der Waals surface area (Å²) in [7, 11) is 1.77. The van der Waals surface area contributed by atoms with Crippen LogP contribution >= 0.6 is 27.3 Å². The number of hydrogen-bond donors (Lipinski definition) is 1. The van der Waals surface area contributed by atoms with E-state index < -0.39 is 0 Å². The fourth-order valence-corrected chi connectivity index (χ4v) is 2.88. The highest BCUT2D eigenvalue weighted by Crippen LogP contribution is 2.21. The number of carbonyl (C=O) groups excluding carboxylic acids is 1. The van der Waals surface area contributed by atoms with Crippen LogP contribution in [0.2, 0.25) is 0 Å². The number of carbonyl (C=O) groups is 1. The molecule has 0 aliphatic heterocycles. The Morgan fingerprint density at radius 2 is 2.26 bits per heavy atom. The van der Waals surface area contributed by atoms with Crippen LogP contribution in [0.4, 0.5) is 5.69 Å². The molecule has 0 spiro atoms. The van der Waals surface area contributed by atoms with Gasteiger partial charge in [-0.05, 0) is 25.1 Å². The molecule has 2 N–H and O–H groups in total. The maximum absolute atomic E-state index is 12.4. The van der Waals surface area contributed by atoms with Crippen molar-refractivity contribution in [2.24, 2.45) is 0 Å². The van der Waals surface area contributed by atoms with Gasteiger partial charge in [-0.1, -0.05) is 15.9 Å². The molecule has 0 aliphatic rings. The van der Waals surface area contributed by atoms with Crippen molar-refractivity contribution >= 4 is 38.9 Å². The van der Waals surface area contributed by atoms with Crippen molar-refractivity contribution in [1.82, 2.24) is 9.88 Å². The van der Waals surface area contributed by atoms with E-state index in [9.17, 15) is 4.79 Å². The Labute approximate surface area is 124 Å². The van der Waals surface area contributed by atoms with Crippen molar-refractivity contribution in [3.8, 4) is 0 Å². The Morgan fingerprint density at radius 1 is 1.53 bits per heavy atom. The van der Waals surface area contributed by atoms with Gasteiger partial charge in [0.05, 0.1) is 23.3 Å². The molecular formula is C13H14BrN3OS. The number of benzene rings is 1. The van der Waals surface area contributed by atoms with Gasteiger partial charge in [-0.3, -0.25) is 4.79 Å². The van der Waals surface area contributed by atoms with Gasteiger partial charge in [0.1, 0.15) is 0 Å². The Morgan fingerprint density at radius 3 is 2.89 bits per heavy atom. The predicted octanol–water partition coefficient (Wildman–Crippen LogP) is 3.07. The number of anilines is 1. The zero-order valence-corrected chi connectivity index (χ0v) is 13.1. The van der Waals surface area contributed by atoms with Crippen molar-refractivity contribution in [2.45, 2.75) is 13.5 Å². The summed E-state index contributed by atoms with van der Waals surface area (Å²) < 4.78 is 0.840. The Hall–Kier alpha value is -1.40. The molecule has 0 atom stereocenters. The molecule has 1 amide bonds. The molecule has 0 aliphatic carbocycles. The van der Waals surface area contributed by atoms with E-state index in [0.717, 1.165) is 15.0 Å². The van der Waals surface area contributed by atoms with Crippen molar-refractivity contribution < 1.29 is 4.79 Å². The monoisotopic (exact) mass is 339 g/mol. The lowest BCUT2D eigenvalue weighted by Gasteiger charge is -2.17. The normalized spacial score (nSPS) is 10.5. The van der Waals surface area contributed by atoms with Gasteiger partial charge < -0.3 is 10.6 Å². The number of nitrogens with two attached hydrogens (primary N) is 1. The molecule has 1 heterocycles. The number of aryl methyl sites for hydroxylation is 1.